The monoisotopic (exact) mass is 451 g/mol. The quantitative estimate of drug-likeness (QED) is 0.404. The van der Waals surface area contributed by atoms with E-state index in [9.17, 15) is 9.59 Å². The van der Waals surface area contributed by atoms with E-state index in [2.05, 4.69) is 24.6 Å². The van der Waals surface area contributed by atoms with Crippen LogP contribution in [0.4, 0.5) is 0 Å². The van der Waals surface area contributed by atoms with Gasteiger partial charge < -0.3 is 4.98 Å². The number of likely N-dealkylation sites (tertiary alicyclic amines) is 1. The zero-order valence-electron chi connectivity index (χ0n) is 19.0. The summed E-state index contributed by atoms with van der Waals surface area (Å²) in [5, 5.41) is 9.25. The van der Waals surface area contributed by atoms with Crippen molar-refractivity contribution in [2.45, 2.75) is 57.5 Å². The van der Waals surface area contributed by atoms with Gasteiger partial charge in [0.2, 0.25) is 0 Å². The lowest BCUT2D eigenvalue weighted by Gasteiger charge is -2.16. The SMILES string of the molecule is CC(=O)c1c(C)[nH]c(C(=O)C(C)Sc2nnc(CN3CCCC3)n2-c2ccccc2)c1C. The summed E-state index contributed by atoms with van der Waals surface area (Å²) < 4.78 is 2.06. The molecule has 3 aromatic rings. The summed E-state index contributed by atoms with van der Waals surface area (Å²) in [6, 6.07) is 10.0. The molecule has 7 nitrogen and oxygen atoms in total. The van der Waals surface area contributed by atoms with E-state index in [0.717, 1.165) is 36.8 Å². The van der Waals surface area contributed by atoms with Crippen LogP contribution in [-0.4, -0.2) is 54.6 Å². The molecular formula is C24H29N5O2S. The van der Waals surface area contributed by atoms with E-state index >= 15 is 0 Å². The first-order valence-electron chi connectivity index (χ1n) is 11.0. The van der Waals surface area contributed by atoms with Crippen LogP contribution >= 0.6 is 11.8 Å². The van der Waals surface area contributed by atoms with Crippen LogP contribution in [0, 0.1) is 13.8 Å². The van der Waals surface area contributed by atoms with Crippen molar-refractivity contribution in [1.82, 2.24) is 24.6 Å². The molecule has 1 saturated heterocycles. The van der Waals surface area contributed by atoms with Crippen molar-refractivity contribution in [3.8, 4) is 5.69 Å². The predicted octanol–water partition coefficient (Wildman–Crippen LogP) is 4.37. The smallest absolute Gasteiger partial charge is 0.196 e. The standard InChI is InChI=1S/C24H29N5O2S/c1-15-21(17(3)30)16(2)25-22(15)23(31)18(4)32-24-27-26-20(14-28-12-8-9-13-28)29(24)19-10-6-5-7-11-19/h5-7,10-11,18,25H,8-9,12-14H2,1-4H3. The van der Waals surface area contributed by atoms with Gasteiger partial charge in [-0.3, -0.25) is 19.1 Å². The third-order valence-electron chi connectivity index (χ3n) is 5.97. The Balaban J connectivity index is 1.62. The number of carbonyl (C=O) groups excluding carboxylic acids is 2. The Morgan fingerprint density at radius 2 is 1.81 bits per heavy atom. The van der Waals surface area contributed by atoms with Crippen LogP contribution in [0.25, 0.3) is 5.69 Å². The van der Waals surface area contributed by atoms with Gasteiger partial charge in [0, 0.05) is 16.9 Å². The van der Waals surface area contributed by atoms with Crippen LogP contribution in [0.1, 0.15) is 64.6 Å². The molecule has 1 N–H and O–H groups in total. The Labute approximate surface area is 192 Å². The third kappa shape index (κ3) is 4.42. The van der Waals surface area contributed by atoms with Crippen LogP contribution < -0.4 is 0 Å². The second-order valence-electron chi connectivity index (χ2n) is 8.36. The lowest BCUT2D eigenvalue weighted by atomic mass is 10.0. The van der Waals surface area contributed by atoms with Gasteiger partial charge in [-0.05, 0) is 71.3 Å². The Kier molecular flexibility index (Phi) is 6.62. The number of nitrogens with one attached hydrogen (secondary N) is 1. The molecule has 4 rings (SSSR count). The van der Waals surface area contributed by atoms with E-state index in [4.69, 9.17) is 0 Å². The summed E-state index contributed by atoms with van der Waals surface area (Å²) in [7, 11) is 0. The first-order chi connectivity index (χ1) is 15.4. The molecule has 32 heavy (non-hydrogen) atoms. The Bertz CT molecular complexity index is 1130. The Hall–Kier alpha value is -2.71. The fraction of sp³-hybridized carbons (Fsp3) is 0.417. The molecule has 1 unspecified atom stereocenters. The molecule has 0 radical (unpaired) electrons. The molecule has 1 aliphatic heterocycles. The number of benzene rings is 1. The highest BCUT2D eigenvalue weighted by Gasteiger charge is 2.27. The Morgan fingerprint density at radius 3 is 2.44 bits per heavy atom. The van der Waals surface area contributed by atoms with Crippen molar-refractivity contribution in [3.05, 3.63) is 58.7 Å². The van der Waals surface area contributed by atoms with Gasteiger partial charge in [0.15, 0.2) is 22.5 Å². The predicted molar refractivity (Wildman–Crippen MR) is 126 cm³/mol. The number of para-hydroxylation sites is 1. The van der Waals surface area contributed by atoms with Crippen LogP contribution in [0.3, 0.4) is 0 Å². The summed E-state index contributed by atoms with van der Waals surface area (Å²) in [5.74, 6) is 0.795. The number of nitrogens with zero attached hydrogens (tertiary/aromatic N) is 4. The van der Waals surface area contributed by atoms with Gasteiger partial charge in [0.25, 0.3) is 0 Å². The highest BCUT2D eigenvalue weighted by molar-refractivity contribution is 8.00. The average Bonchev–Trinajstić information content (AvgIpc) is 3.48. The van der Waals surface area contributed by atoms with E-state index in [1.54, 1.807) is 0 Å². The maximum absolute atomic E-state index is 13.3. The highest BCUT2D eigenvalue weighted by Crippen LogP contribution is 2.30. The molecule has 8 heteroatoms. The van der Waals surface area contributed by atoms with Crippen molar-refractivity contribution < 1.29 is 9.59 Å². The fourth-order valence-corrected chi connectivity index (χ4v) is 5.34. The van der Waals surface area contributed by atoms with Crippen molar-refractivity contribution in [2.75, 3.05) is 13.1 Å². The lowest BCUT2D eigenvalue weighted by molar-refractivity contribution is 0.0988. The molecule has 1 aliphatic rings. The molecule has 0 saturated carbocycles. The number of hydrogen-bond acceptors (Lipinski definition) is 6. The zero-order chi connectivity index (χ0) is 22.8. The van der Waals surface area contributed by atoms with E-state index in [1.165, 1.54) is 31.5 Å². The number of aromatic amines is 1. The number of carbonyl (C=O) groups is 2. The van der Waals surface area contributed by atoms with Gasteiger partial charge >= 0.3 is 0 Å². The molecule has 3 heterocycles. The second-order valence-corrected chi connectivity index (χ2v) is 9.67. The van der Waals surface area contributed by atoms with Crippen molar-refractivity contribution in [2.24, 2.45) is 0 Å². The summed E-state index contributed by atoms with van der Waals surface area (Å²) in [6.45, 7) is 9.94. The molecule has 0 spiro atoms. The first kappa shape index (κ1) is 22.5. The van der Waals surface area contributed by atoms with E-state index in [0.29, 0.717) is 22.0 Å². The molecule has 168 valence electrons. The van der Waals surface area contributed by atoms with Gasteiger partial charge in [-0.1, -0.05) is 30.0 Å². The molecule has 0 amide bonds. The van der Waals surface area contributed by atoms with E-state index in [-0.39, 0.29) is 11.6 Å². The number of rotatable bonds is 8. The van der Waals surface area contributed by atoms with Crippen LogP contribution in [0.5, 0.6) is 0 Å². The number of hydrogen-bond donors (Lipinski definition) is 1. The maximum Gasteiger partial charge on any atom is 0.196 e. The van der Waals surface area contributed by atoms with E-state index < -0.39 is 5.25 Å². The van der Waals surface area contributed by atoms with Gasteiger partial charge in [-0.25, -0.2) is 0 Å². The third-order valence-corrected chi connectivity index (χ3v) is 7.01. The molecule has 1 fully saturated rings. The fourth-order valence-electron chi connectivity index (χ4n) is 4.40. The summed E-state index contributed by atoms with van der Waals surface area (Å²) in [6.07, 6.45) is 2.42. The van der Waals surface area contributed by atoms with Gasteiger partial charge in [0.1, 0.15) is 0 Å². The molecule has 1 atom stereocenters. The Morgan fingerprint density at radius 1 is 1.12 bits per heavy atom. The normalized spacial score (nSPS) is 15.2. The number of aromatic nitrogens is 4. The van der Waals surface area contributed by atoms with Gasteiger partial charge in [0.05, 0.1) is 17.5 Å². The highest BCUT2D eigenvalue weighted by atomic mass is 32.2. The van der Waals surface area contributed by atoms with Crippen LogP contribution in [0.2, 0.25) is 0 Å². The summed E-state index contributed by atoms with van der Waals surface area (Å²) >= 11 is 1.40. The number of ketones is 2. The zero-order valence-corrected chi connectivity index (χ0v) is 19.8. The molecule has 1 aromatic carbocycles. The minimum atomic E-state index is -0.391. The minimum absolute atomic E-state index is 0.0361. The van der Waals surface area contributed by atoms with Gasteiger partial charge in [-0.15, -0.1) is 10.2 Å². The maximum atomic E-state index is 13.3. The lowest BCUT2D eigenvalue weighted by Crippen LogP contribution is -2.21. The molecule has 0 bridgehead atoms. The topological polar surface area (TPSA) is 83.9 Å². The van der Waals surface area contributed by atoms with Crippen LogP contribution in [0.15, 0.2) is 35.5 Å². The molecule has 2 aromatic heterocycles. The summed E-state index contributed by atoms with van der Waals surface area (Å²) in [4.78, 5) is 30.7. The van der Waals surface area contributed by atoms with Crippen molar-refractivity contribution in [3.63, 3.8) is 0 Å². The second kappa shape index (κ2) is 9.42. The van der Waals surface area contributed by atoms with Crippen molar-refractivity contribution >= 4 is 23.3 Å². The van der Waals surface area contributed by atoms with Gasteiger partial charge in [-0.2, -0.15) is 0 Å². The van der Waals surface area contributed by atoms with Crippen molar-refractivity contribution in [1.29, 1.82) is 0 Å². The number of aryl methyl sites for hydroxylation is 1. The average molecular weight is 452 g/mol. The summed E-state index contributed by atoms with van der Waals surface area (Å²) in [5.41, 5.74) is 3.53. The number of H-pyrrole nitrogens is 1. The van der Waals surface area contributed by atoms with E-state index in [1.807, 2.05) is 51.1 Å². The van der Waals surface area contributed by atoms with Crippen LogP contribution in [-0.2, 0) is 6.54 Å². The number of Topliss-reactive ketones (excluding diaryl/α,β-unsaturated/α-hetero) is 2. The molecule has 0 aliphatic carbocycles. The molecular weight excluding hydrogens is 422 g/mol. The number of thioether (sulfide) groups is 1. The first-order valence-corrected chi connectivity index (χ1v) is 11.9. The minimum Gasteiger partial charge on any atom is -0.355 e. The largest absolute Gasteiger partial charge is 0.355 e.